The Morgan fingerprint density at radius 2 is 1.71 bits per heavy atom. The number of aliphatic hydroxyl groups excluding tert-OH is 2. The monoisotopic (exact) mass is 518 g/mol. The minimum atomic E-state index is -0.720. The lowest BCUT2D eigenvalue weighted by molar-refractivity contribution is 0.100. The van der Waals surface area contributed by atoms with Crippen molar-refractivity contribution in [1.82, 2.24) is 4.90 Å². The molecular formula is C27H29Cl2FN2O3. The number of benzene rings is 3. The maximum absolute atomic E-state index is 13.3. The number of rotatable bonds is 8. The zero-order chi connectivity index (χ0) is 24.9. The summed E-state index contributed by atoms with van der Waals surface area (Å²) in [5.74, 6) is 0.278. The Morgan fingerprint density at radius 1 is 1.00 bits per heavy atom. The van der Waals surface area contributed by atoms with E-state index in [0.717, 1.165) is 17.8 Å². The number of hydrogen-bond acceptors (Lipinski definition) is 5. The van der Waals surface area contributed by atoms with Gasteiger partial charge in [0.2, 0.25) is 0 Å². The van der Waals surface area contributed by atoms with Crippen LogP contribution in [0.5, 0.6) is 5.75 Å². The zero-order valence-electron chi connectivity index (χ0n) is 19.4. The van der Waals surface area contributed by atoms with Crippen LogP contribution >= 0.6 is 23.2 Å². The number of anilines is 1. The molecule has 35 heavy (non-hydrogen) atoms. The normalized spacial score (nSPS) is 18.3. The third kappa shape index (κ3) is 6.66. The molecule has 0 spiro atoms. The first-order valence-electron chi connectivity index (χ1n) is 11.6. The second-order valence-electron chi connectivity index (χ2n) is 8.86. The molecule has 8 heteroatoms. The topological polar surface area (TPSA) is 56.2 Å². The fourth-order valence-electron chi connectivity index (χ4n) is 4.33. The lowest BCUT2D eigenvalue weighted by Crippen LogP contribution is -2.49. The zero-order valence-corrected chi connectivity index (χ0v) is 21.0. The van der Waals surface area contributed by atoms with E-state index in [-0.39, 0.29) is 18.5 Å². The van der Waals surface area contributed by atoms with Crippen molar-refractivity contribution in [1.29, 1.82) is 0 Å². The maximum atomic E-state index is 13.3. The molecule has 0 aliphatic carbocycles. The summed E-state index contributed by atoms with van der Waals surface area (Å²) in [6.07, 6.45) is -1.29. The van der Waals surface area contributed by atoms with Gasteiger partial charge in [-0.1, -0.05) is 47.5 Å². The van der Waals surface area contributed by atoms with E-state index >= 15 is 0 Å². The number of piperazine rings is 1. The predicted molar refractivity (Wildman–Crippen MR) is 138 cm³/mol. The van der Waals surface area contributed by atoms with E-state index in [4.69, 9.17) is 27.9 Å². The predicted octanol–water partition coefficient (Wildman–Crippen LogP) is 5.49. The molecular weight excluding hydrogens is 490 g/mol. The molecule has 1 heterocycles. The van der Waals surface area contributed by atoms with Crippen molar-refractivity contribution < 1.29 is 19.3 Å². The van der Waals surface area contributed by atoms with Gasteiger partial charge in [0.1, 0.15) is 18.2 Å². The molecule has 0 bridgehead atoms. The Balaban J connectivity index is 1.55. The maximum Gasteiger partial charge on any atom is 0.123 e. The second-order valence-corrected chi connectivity index (χ2v) is 9.70. The molecule has 0 saturated carbocycles. The average Bonchev–Trinajstić information content (AvgIpc) is 2.84. The molecule has 0 aromatic heterocycles. The van der Waals surface area contributed by atoms with Gasteiger partial charge in [-0.3, -0.25) is 4.90 Å². The van der Waals surface area contributed by atoms with Crippen LogP contribution in [0, 0.1) is 5.82 Å². The first-order valence-corrected chi connectivity index (χ1v) is 12.3. The van der Waals surface area contributed by atoms with Gasteiger partial charge in [0.25, 0.3) is 0 Å². The molecule has 0 amide bonds. The van der Waals surface area contributed by atoms with E-state index in [2.05, 4.69) is 9.80 Å². The summed E-state index contributed by atoms with van der Waals surface area (Å²) in [6.45, 7) is 4.37. The van der Waals surface area contributed by atoms with Crippen molar-refractivity contribution in [3.05, 3.63) is 93.7 Å². The van der Waals surface area contributed by atoms with E-state index < -0.39 is 12.2 Å². The van der Waals surface area contributed by atoms with Crippen LogP contribution in [0.1, 0.15) is 30.2 Å². The molecule has 0 radical (unpaired) electrons. The van der Waals surface area contributed by atoms with Crippen LogP contribution < -0.4 is 9.64 Å². The highest BCUT2D eigenvalue weighted by Crippen LogP contribution is 2.37. The van der Waals surface area contributed by atoms with Crippen LogP contribution in [0.15, 0.2) is 66.7 Å². The summed E-state index contributed by atoms with van der Waals surface area (Å²) in [4.78, 5) is 4.46. The van der Waals surface area contributed by atoms with Gasteiger partial charge < -0.3 is 19.8 Å². The molecule has 2 unspecified atom stereocenters. The number of nitrogens with zero attached hydrogens (tertiary/aromatic N) is 2. The van der Waals surface area contributed by atoms with Gasteiger partial charge in [0, 0.05) is 37.3 Å². The number of halogens is 3. The minimum Gasteiger partial charge on any atom is -0.491 e. The fourth-order valence-corrected chi connectivity index (χ4v) is 4.73. The van der Waals surface area contributed by atoms with Gasteiger partial charge in [-0.2, -0.15) is 0 Å². The highest BCUT2D eigenvalue weighted by Gasteiger charge is 2.31. The Labute approximate surface area is 215 Å². The average molecular weight is 519 g/mol. The van der Waals surface area contributed by atoms with Crippen LogP contribution in [-0.4, -0.2) is 54.0 Å². The molecule has 2 N–H and O–H groups in total. The molecule has 3 atom stereocenters. The summed E-state index contributed by atoms with van der Waals surface area (Å²) in [5.41, 5.74) is 2.66. The van der Waals surface area contributed by atoms with Crippen molar-refractivity contribution in [2.24, 2.45) is 0 Å². The first kappa shape index (κ1) is 25.7. The summed E-state index contributed by atoms with van der Waals surface area (Å²) in [6, 6.07) is 19.3. The number of aliphatic hydroxyl groups is 2. The number of hydrogen-bond donors (Lipinski definition) is 2. The molecule has 1 aliphatic heterocycles. The first-order chi connectivity index (χ1) is 16.8. The van der Waals surface area contributed by atoms with Gasteiger partial charge in [0.15, 0.2) is 0 Å². The number of ether oxygens (including phenoxy) is 1. The van der Waals surface area contributed by atoms with Crippen molar-refractivity contribution in [3.63, 3.8) is 0 Å². The summed E-state index contributed by atoms with van der Waals surface area (Å²) in [7, 11) is 0. The van der Waals surface area contributed by atoms with Gasteiger partial charge in [0.05, 0.1) is 29.0 Å². The van der Waals surface area contributed by atoms with E-state index in [1.165, 1.54) is 12.1 Å². The van der Waals surface area contributed by atoms with Gasteiger partial charge >= 0.3 is 0 Å². The van der Waals surface area contributed by atoms with Crippen LogP contribution in [0.2, 0.25) is 10.0 Å². The Hall–Kier alpha value is -2.35. The second kappa shape index (κ2) is 11.6. The molecule has 3 aromatic rings. The highest BCUT2D eigenvalue weighted by molar-refractivity contribution is 6.33. The molecule has 1 aliphatic rings. The quantitative estimate of drug-likeness (QED) is 0.413. The van der Waals surface area contributed by atoms with E-state index in [9.17, 15) is 14.6 Å². The third-order valence-electron chi connectivity index (χ3n) is 6.12. The minimum absolute atomic E-state index is 0.0248. The lowest BCUT2D eigenvalue weighted by Gasteiger charge is -2.44. The van der Waals surface area contributed by atoms with Crippen LogP contribution in [0.3, 0.4) is 0 Å². The molecule has 5 nitrogen and oxygen atoms in total. The van der Waals surface area contributed by atoms with Crippen molar-refractivity contribution in [3.8, 4) is 5.75 Å². The Kier molecular flexibility index (Phi) is 8.52. The highest BCUT2D eigenvalue weighted by atomic mass is 35.5. The molecule has 1 fully saturated rings. The van der Waals surface area contributed by atoms with Gasteiger partial charge in [-0.05, 0) is 54.4 Å². The molecule has 186 valence electrons. The SMILES string of the molecule is CC(O)COc1ccc(N2CCN(CC(O)c3ccc(F)cc3)C[C@H]2c2ccc(Cl)cc2)c(Cl)c1. The fraction of sp³-hybridized carbons (Fsp3) is 0.333. The van der Waals surface area contributed by atoms with Crippen LogP contribution in [-0.2, 0) is 0 Å². The van der Waals surface area contributed by atoms with Gasteiger partial charge in [-0.15, -0.1) is 0 Å². The largest absolute Gasteiger partial charge is 0.491 e. The standard InChI is InChI=1S/C27H29Cl2FN2O3/c1-18(33)17-35-23-10-11-25(24(29)14-23)32-13-12-31(15-26(32)19-2-6-21(28)7-3-19)16-27(34)20-4-8-22(30)9-5-20/h2-11,14,18,26-27,33-34H,12-13,15-17H2,1H3/t18?,26-,27?/m0/s1. The molecule has 4 rings (SSSR count). The van der Waals surface area contributed by atoms with Gasteiger partial charge in [-0.25, -0.2) is 4.39 Å². The Morgan fingerprint density at radius 3 is 2.37 bits per heavy atom. The van der Waals surface area contributed by atoms with Crippen molar-refractivity contribution in [2.75, 3.05) is 37.7 Å². The number of β-amino-alcohol motifs (C(OH)–C–C–N with tert-alkyl or cyclic N) is 1. The smallest absolute Gasteiger partial charge is 0.123 e. The van der Waals surface area contributed by atoms with Crippen molar-refractivity contribution >= 4 is 28.9 Å². The van der Waals surface area contributed by atoms with E-state index in [1.54, 1.807) is 25.1 Å². The third-order valence-corrected chi connectivity index (χ3v) is 6.68. The molecule has 3 aromatic carbocycles. The van der Waals surface area contributed by atoms with Crippen molar-refractivity contribution in [2.45, 2.75) is 25.2 Å². The summed E-state index contributed by atoms with van der Waals surface area (Å²) >= 11 is 12.8. The van der Waals surface area contributed by atoms with E-state index in [0.29, 0.717) is 41.0 Å². The summed E-state index contributed by atoms with van der Waals surface area (Å²) in [5, 5.41) is 21.5. The van der Waals surface area contributed by atoms with E-state index in [1.807, 2.05) is 36.4 Å². The molecule has 1 saturated heterocycles. The lowest BCUT2D eigenvalue weighted by atomic mass is 10.00. The summed E-state index contributed by atoms with van der Waals surface area (Å²) < 4.78 is 18.9. The Bertz CT molecular complexity index is 1110. The van der Waals surface area contributed by atoms with Crippen LogP contribution in [0.4, 0.5) is 10.1 Å². The van der Waals surface area contributed by atoms with Crippen LogP contribution in [0.25, 0.3) is 0 Å².